The molecule has 0 atom stereocenters. The second-order valence-corrected chi connectivity index (χ2v) is 9.64. The van der Waals surface area contributed by atoms with Gasteiger partial charge in [-0.3, -0.25) is 0 Å². The van der Waals surface area contributed by atoms with Crippen LogP contribution in [-0.2, 0) is 10.0 Å². The molecule has 0 aliphatic carbocycles. The first kappa shape index (κ1) is 21.5. The van der Waals surface area contributed by atoms with Crippen molar-refractivity contribution in [3.63, 3.8) is 0 Å². The Labute approximate surface area is 187 Å². The van der Waals surface area contributed by atoms with Crippen LogP contribution in [0.15, 0.2) is 53.6 Å². The van der Waals surface area contributed by atoms with E-state index in [0.717, 1.165) is 11.4 Å². The molecule has 0 unspecified atom stereocenters. The molecule has 1 N–H and O–H groups in total. The maximum absolute atomic E-state index is 13.0. The van der Waals surface area contributed by atoms with E-state index in [1.807, 2.05) is 32.0 Å². The molecule has 10 heteroatoms. The normalized spacial score (nSPS) is 15.1. The van der Waals surface area contributed by atoms with Crippen molar-refractivity contribution < 1.29 is 8.42 Å². The van der Waals surface area contributed by atoms with Crippen LogP contribution in [0.25, 0.3) is 0 Å². The first-order valence-corrected chi connectivity index (χ1v) is 11.7. The summed E-state index contributed by atoms with van der Waals surface area (Å²) < 4.78 is 27.4. The minimum Gasteiger partial charge on any atom is -0.354 e. The average Bonchev–Trinajstić information content (AvgIpc) is 2.73. The number of benzene rings is 1. The molecule has 162 valence electrons. The lowest BCUT2D eigenvalue weighted by Gasteiger charge is -2.35. The summed E-state index contributed by atoms with van der Waals surface area (Å²) in [5.41, 5.74) is 1.10. The second-order valence-electron chi connectivity index (χ2n) is 7.32. The number of aromatic nitrogens is 3. The summed E-state index contributed by atoms with van der Waals surface area (Å²) >= 11 is 6.12. The number of nitrogens with one attached hydrogen (secondary N) is 1. The van der Waals surface area contributed by atoms with Crippen LogP contribution in [0.4, 0.5) is 17.5 Å². The van der Waals surface area contributed by atoms with Crippen LogP contribution in [0, 0.1) is 13.8 Å². The Balaban J connectivity index is 1.49. The number of hydrogen-bond acceptors (Lipinski definition) is 7. The molecule has 1 fully saturated rings. The molecule has 1 aliphatic heterocycles. The Morgan fingerprint density at radius 3 is 2.42 bits per heavy atom. The molecule has 0 saturated carbocycles. The molecule has 0 radical (unpaired) electrons. The molecule has 3 aromatic rings. The third-order valence-corrected chi connectivity index (χ3v) is 7.41. The molecule has 3 heterocycles. The quantitative estimate of drug-likeness (QED) is 0.626. The fraction of sp³-hybridized carbons (Fsp3) is 0.286. The van der Waals surface area contributed by atoms with E-state index in [4.69, 9.17) is 11.6 Å². The van der Waals surface area contributed by atoms with Gasteiger partial charge in [0.05, 0.1) is 5.02 Å². The lowest BCUT2D eigenvalue weighted by molar-refractivity contribution is 0.383. The average molecular weight is 459 g/mol. The van der Waals surface area contributed by atoms with Gasteiger partial charge in [-0.1, -0.05) is 23.7 Å². The van der Waals surface area contributed by atoms with Gasteiger partial charge in [-0.15, -0.1) is 0 Å². The summed E-state index contributed by atoms with van der Waals surface area (Å²) in [5.74, 6) is 2.72. The van der Waals surface area contributed by atoms with Crippen LogP contribution in [0.1, 0.15) is 11.4 Å². The predicted octanol–water partition coefficient (Wildman–Crippen LogP) is 3.40. The highest BCUT2D eigenvalue weighted by Gasteiger charge is 2.30. The second kappa shape index (κ2) is 8.78. The SMILES string of the molecule is Cc1ccnc(Nc2cc(N3CCN(S(=O)(=O)c4ccccc4Cl)CC3)nc(C)n2)c1. The molecule has 0 spiro atoms. The number of hydrogen-bond donors (Lipinski definition) is 1. The van der Waals surface area contributed by atoms with E-state index in [1.54, 1.807) is 24.4 Å². The van der Waals surface area contributed by atoms with Crippen molar-refractivity contribution >= 4 is 39.1 Å². The molecule has 2 aromatic heterocycles. The number of nitrogens with zero attached hydrogens (tertiary/aromatic N) is 5. The molecule has 0 bridgehead atoms. The molecule has 31 heavy (non-hydrogen) atoms. The zero-order valence-electron chi connectivity index (χ0n) is 17.3. The van der Waals surface area contributed by atoms with E-state index >= 15 is 0 Å². The van der Waals surface area contributed by atoms with E-state index in [1.165, 1.54) is 10.4 Å². The van der Waals surface area contributed by atoms with Gasteiger partial charge in [-0.25, -0.2) is 23.4 Å². The fourth-order valence-electron chi connectivity index (χ4n) is 3.46. The highest BCUT2D eigenvalue weighted by Crippen LogP contribution is 2.26. The van der Waals surface area contributed by atoms with Gasteiger partial charge in [0.15, 0.2) is 0 Å². The number of halogens is 1. The Hall–Kier alpha value is -2.75. The van der Waals surface area contributed by atoms with Crippen molar-refractivity contribution in [3.8, 4) is 0 Å². The van der Waals surface area contributed by atoms with Gasteiger partial charge in [0.25, 0.3) is 0 Å². The summed E-state index contributed by atoms with van der Waals surface area (Å²) in [6, 6.07) is 12.2. The van der Waals surface area contributed by atoms with Crippen LogP contribution in [0.3, 0.4) is 0 Å². The van der Waals surface area contributed by atoms with E-state index in [2.05, 4.69) is 25.2 Å². The first-order valence-electron chi connectivity index (χ1n) is 9.88. The Morgan fingerprint density at radius 2 is 1.71 bits per heavy atom. The Morgan fingerprint density at radius 1 is 0.968 bits per heavy atom. The van der Waals surface area contributed by atoms with Crippen molar-refractivity contribution in [3.05, 3.63) is 65.1 Å². The summed E-state index contributed by atoms with van der Waals surface area (Å²) in [6.07, 6.45) is 1.74. The number of rotatable bonds is 5. The third-order valence-electron chi connectivity index (χ3n) is 5.01. The topological polar surface area (TPSA) is 91.3 Å². The van der Waals surface area contributed by atoms with Crippen LogP contribution in [0.2, 0.25) is 5.02 Å². The molecular weight excluding hydrogens is 436 g/mol. The summed E-state index contributed by atoms with van der Waals surface area (Å²) in [4.78, 5) is 15.5. The van der Waals surface area contributed by atoms with Gasteiger partial charge in [-0.05, 0) is 43.7 Å². The van der Waals surface area contributed by atoms with E-state index in [-0.39, 0.29) is 9.92 Å². The highest BCUT2D eigenvalue weighted by molar-refractivity contribution is 7.89. The van der Waals surface area contributed by atoms with Gasteiger partial charge >= 0.3 is 0 Å². The minimum atomic E-state index is -3.64. The monoisotopic (exact) mass is 458 g/mol. The van der Waals surface area contributed by atoms with Crippen molar-refractivity contribution in [2.24, 2.45) is 0 Å². The lowest BCUT2D eigenvalue weighted by Crippen LogP contribution is -2.49. The largest absolute Gasteiger partial charge is 0.354 e. The van der Waals surface area contributed by atoms with E-state index in [9.17, 15) is 8.42 Å². The summed E-state index contributed by atoms with van der Waals surface area (Å²) in [6.45, 7) is 5.55. The predicted molar refractivity (Wildman–Crippen MR) is 121 cm³/mol. The van der Waals surface area contributed by atoms with Gasteiger partial charge in [0, 0.05) is 38.4 Å². The number of sulfonamides is 1. The summed E-state index contributed by atoms with van der Waals surface area (Å²) in [7, 11) is -3.64. The number of piperazine rings is 1. The fourth-order valence-corrected chi connectivity index (χ4v) is 5.38. The summed E-state index contributed by atoms with van der Waals surface area (Å²) in [5, 5.41) is 3.45. The van der Waals surface area contributed by atoms with Crippen LogP contribution in [-0.4, -0.2) is 53.9 Å². The lowest BCUT2D eigenvalue weighted by atomic mass is 10.3. The maximum Gasteiger partial charge on any atom is 0.244 e. The third kappa shape index (κ3) is 4.79. The number of anilines is 3. The van der Waals surface area contributed by atoms with E-state index in [0.29, 0.717) is 43.6 Å². The molecule has 0 amide bonds. The Bertz CT molecular complexity index is 1200. The zero-order valence-corrected chi connectivity index (χ0v) is 18.9. The maximum atomic E-state index is 13.0. The van der Waals surface area contributed by atoms with Crippen LogP contribution in [0.5, 0.6) is 0 Å². The van der Waals surface area contributed by atoms with Gasteiger partial charge in [0.2, 0.25) is 10.0 Å². The zero-order chi connectivity index (χ0) is 22.0. The standard InChI is InChI=1S/C21H23ClN6O2S/c1-15-7-8-23-19(13-15)26-20-14-21(25-16(2)24-20)27-9-11-28(12-10-27)31(29,30)18-6-4-3-5-17(18)22/h3-8,13-14H,9-12H2,1-2H3,(H,23,24,25,26). The van der Waals surface area contributed by atoms with Gasteiger partial charge in [0.1, 0.15) is 28.2 Å². The highest BCUT2D eigenvalue weighted by atomic mass is 35.5. The van der Waals surface area contributed by atoms with Crippen molar-refractivity contribution in [1.82, 2.24) is 19.3 Å². The van der Waals surface area contributed by atoms with Crippen molar-refractivity contribution in [1.29, 1.82) is 0 Å². The molecule has 8 nitrogen and oxygen atoms in total. The number of pyridine rings is 1. The minimum absolute atomic E-state index is 0.139. The molecular formula is C21H23ClN6O2S. The molecule has 4 rings (SSSR count). The smallest absolute Gasteiger partial charge is 0.244 e. The molecule has 1 aliphatic rings. The van der Waals surface area contributed by atoms with Crippen LogP contribution >= 0.6 is 11.6 Å². The van der Waals surface area contributed by atoms with Crippen LogP contribution < -0.4 is 10.2 Å². The Kier molecular flexibility index (Phi) is 6.08. The van der Waals surface area contributed by atoms with Gasteiger partial charge < -0.3 is 10.2 Å². The first-order chi connectivity index (χ1) is 14.8. The van der Waals surface area contributed by atoms with Gasteiger partial charge in [-0.2, -0.15) is 4.31 Å². The van der Waals surface area contributed by atoms with Crippen molar-refractivity contribution in [2.75, 3.05) is 36.4 Å². The molecule has 1 aromatic carbocycles. The molecule has 1 saturated heterocycles. The van der Waals surface area contributed by atoms with Crippen molar-refractivity contribution in [2.45, 2.75) is 18.7 Å². The number of aryl methyl sites for hydroxylation is 2. The van der Waals surface area contributed by atoms with E-state index < -0.39 is 10.0 Å².